The quantitative estimate of drug-likeness (QED) is 0.137. The SMILES string of the molecule is CC(C)CC(N)C(=O)NC(Cc1ccc(O)cc1)C(=O)NC(CCC(=O)O)C(=O)NC(Cc1ccc(O)cc1)C(=O)O. The normalized spacial score (nSPS) is 13.8. The highest BCUT2D eigenvalue weighted by Gasteiger charge is 2.31. The largest absolute Gasteiger partial charge is 0.508 e. The first-order valence-electron chi connectivity index (χ1n) is 13.4. The number of phenolic OH excluding ortho intramolecular Hbond substituents is 2. The zero-order valence-corrected chi connectivity index (χ0v) is 23.4. The molecule has 2 aromatic carbocycles. The number of carboxylic acids is 2. The summed E-state index contributed by atoms with van der Waals surface area (Å²) in [4.78, 5) is 62.5. The van der Waals surface area contributed by atoms with Crippen molar-refractivity contribution in [3.05, 3.63) is 59.7 Å². The number of phenols is 2. The van der Waals surface area contributed by atoms with Gasteiger partial charge < -0.3 is 42.1 Å². The number of benzene rings is 2. The van der Waals surface area contributed by atoms with E-state index in [-0.39, 0.29) is 36.7 Å². The van der Waals surface area contributed by atoms with Gasteiger partial charge in [0, 0.05) is 19.3 Å². The molecule has 0 saturated carbocycles. The lowest BCUT2D eigenvalue weighted by molar-refractivity contribution is -0.143. The number of nitrogens with one attached hydrogen (secondary N) is 3. The Bertz CT molecular complexity index is 1230. The highest BCUT2D eigenvalue weighted by Crippen LogP contribution is 2.14. The van der Waals surface area contributed by atoms with Gasteiger partial charge in [0.15, 0.2) is 0 Å². The number of carbonyl (C=O) groups excluding carboxylic acids is 3. The molecule has 0 bridgehead atoms. The Kier molecular flexibility index (Phi) is 12.8. The van der Waals surface area contributed by atoms with Gasteiger partial charge in [-0.05, 0) is 54.2 Å². The average Bonchev–Trinajstić information content (AvgIpc) is 2.91. The number of aliphatic carboxylic acids is 2. The summed E-state index contributed by atoms with van der Waals surface area (Å²) in [5.74, 6) is -4.88. The number of hydrogen-bond acceptors (Lipinski definition) is 8. The molecule has 2 aromatic rings. The molecule has 0 aliphatic carbocycles. The summed E-state index contributed by atoms with van der Waals surface area (Å²) < 4.78 is 0. The second-order valence-corrected chi connectivity index (χ2v) is 10.4. The fraction of sp³-hybridized carbons (Fsp3) is 0.414. The summed E-state index contributed by atoms with van der Waals surface area (Å²) in [7, 11) is 0. The first-order chi connectivity index (χ1) is 19.7. The minimum absolute atomic E-state index is 0.00608. The molecule has 0 fully saturated rings. The van der Waals surface area contributed by atoms with Crippen molar-refractivity contribution < 1.29 is 44.4 Å². The molecule has 4 atom stereocenters. The summed E-state index contributed by atoms with van der Waals surface area (Å²) in [6.07, 6.45) is -0.708. The van der Waals surface area contributed by atoms with Gasteiger partial charge in [-0.15, -0.1) is 0 Å². The van der Waals surface area contributed by atoms with Crippen LogP contribution in [0.5, 0.6) is 11.5 Å². The molecular weight excluding hydrogens is 548 g/mol. The maximum atomic E-state index is 13.4. The fourth-order valence-electron chi connectivity index (χ4n) is 4.12. The van der Waals surface area contributed by atoms with Crippen LogP contribution >= 0.6 is 0 Å². The van der Waals surface area contributed by atoms with E-state index < -0.39 is 60.2 Å². The van der Waals surface area contributed by atoms with E-state index in [2.05, 4.69) is 16.0 Å². The molecule has 13 nitrogen and oxygen atoms in total. The van der Waals surface area contributed by atoms with Crippen LogP contribution in [0, 0.1) is 5.92 Å². The number of rotatable bonds is 16. The number of carbonyl (C=O) groups is 5. The van der Waals surface area contributed by atoms with Crippen LogP contribution in [0.4, 0.5) is 0 Å². The molecular formula is C29H38N4O9. The molecule has 0 saturated heterocycles. The van der Waals surface area contributed by atoms with Crippen molar-refractivity contribution in [1.29, 1.82) is 0 Å². The van der Waals surface area contributed by atoms with Crippen LogP contribution in [-0.2, 0) is 36.8 Å². The summed E-state index contributed by atoms with van der Waals surface area (Å²) in [5, 5.41) is 45.3. The van der Waals surface area contributed by atoms with E-state index in [9.17, 15) is 44.4 Å². The lowest BCUT2D eigenvalue weighted by atomic mass is 10.0. The molecule has 42 heavy (non-hydrogen) atoms. The van der Waals surface area contributed by atoms with Gasteiger partial charge in [0.05, 0.1) is 6.04 Å². The van der Waals surface area contributed by atoms with Gasteiger partial charge in [-0.3, -0.25) is 19.2 Å². The zero-order valence-electron chi connectivity index (χ0n) is 23.4. The molecule has 4 unspecified atom stereocenters. The van der Waals surface area contributed by atoms with Crippen molar-refractivity contribution >= 4 is 29.7 Å². The van der Waals surface area contributed by atoms with Crippen molar-refractivity contribution in [2.75, 3.05) is 0 Å². The van der Waals surface area contributed by atoms with Crippen molar-refractivity contribution in [2.45, 2.75) is 70.1 Å². The fourth-order valence-corrected chi connectivity index (χ4v) is 4.12. The van der Waals surface area contributed by atoms with Gasteiger partial charge in [0.2, 0.25) is 17.7 Å². The number of nitrogens with two attached hydrogens (primary N) is 1. The predicted molar refractivity (Wildman–Crippen MR) is 151 cm³/mol. The van der Waals surface area contributed by atoms with E-state index in [0.717, 1.165) is 0 Å². The van der Waals surface area contributed by atoms with E-state index in [4.69, 9.17) is 5.73 Å². The minimum atomic E-state index is -1.45. The molecule has 3 amide bonds. The van der Waals surface area contributed by atoms with Crippen LogP contribution < -0.4 is 21.7 Å². The van der Waals surface area contributed by atoms with Crippen molar-refractivity contribution in [3.8, 4) is 11.5 Å². The van der Waals surface area contributed by atoms with Crippen LogP contribution in [0.1, 0.15) is 44.2 Å². The molecule has 0 aromatic heterocycles. The average molecular weight is 587 g/mol. The molecule has 0 aliphatic heterocycles. The Hall–Kier alpha value is -4.65. The number of carboxylic acid groups (broad SMARTS) is 2. The van der Waals surface area contributed by atoms with Gasteiger partial charge >= 0.3 is 11.9 Å². The Morgan fingerprint density at radius 1 is 0.690 bits per heavy atom. The van der Waals surface area contributed by atoms with E-state index in [1.807, 2.05) is 13.8 Å². The smallest absolute Gasteiger partial charge is 0.326 e. The van der Waals surface area contributed by atoms with Gasteiger partial charge in [-0.2, -0.15) is 0 Å². The third-order valence-electron chi connectivity index (χ3n) is 6.34. The van der Waals surface area contributed by atoms with E-state index in [1.54, 1.807) is 12.1 Å². The van der Waals surface area contributed by atoms with Crippen LogP contribution in [0.3, 0.4) is 0 Å². The maximum absolute atomic E-state index is 13.4. The van der Waals surface area contributed by atoms with Gasteiger partial charge in [-0.25, -0.2) is 4.79 Å². The minimum Gasteiger partial charge on any atom is -0.508 e. The molecule has 0 aliphatic rings. The highest BCUT2D eigenvalue weighted by atomic mass is 16.4. The summed E-state index contributed by atoms with van der Waals surface area (Å²) in [6.45, 7) is 3.76. The first-order valence-corrected chi connectivity index (χ1v) is 13.4. The van der Waals surface area contributed by atoms with Crippen molar-refractivity contribution in [3.63, 3.8) is 0 Å². The van der Waals surface area contributed by atoms with Crippen LogP contribution in [0.25, 0.3) is 0 Å². The standard InChI is InChI=1S/C29H38N4O9/c1-16(2)13-21(30)26(38)32-23(14-17-3-7-19(34)8-4-17)28(40)31-22(11-12-25(36)37)27(39)33-24(29(41)42)15-18-5-9-20(35)10-6-18/h3-10,16,21-24,34-35H,11-15,30H2,1-2H3,(H,31,40)(H,32,38)(H,33,39)(H,36,37)(H,41,42). The lowest BCUT2D eigenvalue weighted by Crippen LogP contribution is -2.58. The lowest BCUT2D eigenvalue weighted by Gasteiger charge is -2.25. The Morgan fingerprint density at radius 3 is 1.57 bits per heavy atom. The van der Waals surface area contributed by atoms with E-state index in [1.165, 1.54) is 36.4 Å². The van der Waals surface area contributed by atoms with Crippen LogP contribution in [0.2, 0.25) is 0 Å². The third kappa shape index (κ3) is 11.5. The maximum Gasteiger partial charge on any atom is 0.326 e. The van der Waals surface area contributed by atoms with E-state index >= 15 is 0 Å². The summed E-state index contributed by atoms with van der Waals surface area (Å²) >= 11 is 0. The molecule has 2 rings (SSSR count). The molecule has 0 heterocycles. The molecule has 13 heteroatoms. The number of amides is 3. The number of hydrogen-bond donors (Lipinski definition) is 8. The third-order valence-corrected chi connectivity index (χ3v) is 6.34. The first kappa shape index (κ1) is 33.6. The van der Waals surface area contributed by atoms with Gasteiger partial charge in [0.25, 0.3) is 0 Å². The Balaban J connectivity index is 2.26. The molecule has 0 spiro atoms. The second-order valence-electron chi connectivity index (χ2n) is 10.4. The van der Waals surface area contributed by atoms with Crippen molar-refractivity contribution in [2.24, 2.45) is 11.7 Å². The topological polar surface area (TPSA) is 228 Å². The molecule has 0 radical (unpaired) electrons. The van der Waals surface area contributed by atoms with Crippen molar-refractivity contribution in [1.82, 2.24) is 16.0 Å². The highest BCUT2D eigenvalue weighted by molar-refractivity contribution is 5.94. The zero-order chi connectivity index (χ0) is 31.4. The van der Waals surface area contributed by atoms with E-state index in [0.29, 0.717) is 17.5 Å². The van der Waals surface area contributed by atoms with Crippen LogP contribution in [0.15, 0.2) is 48.5 Å². The molecule has 9 N–H and O–H groups in total. The van der Waals surface area contributed by atoms with Gasteiger partial charge in [0.1, 0.15) is 29.6 Å². The van der Waals surface area contributed by atoms with Crippen LogP contribution in [-0.4, -0.2) is 74.3 Å². The number of aromatic hydroxyl groups is 2. The second kappa shape index (κ2) is 16.0. The summed E-state index contributed by atoms with van der Waals surface area (Å²) in [5.41, 5.74) is 7.06. The predicted octanol–water partition coefficient (Wildman–Crippen LogP) is 0.660. The Labute approximate surface area is 243 Å². The Morgan fingerprint density at radius 2 is 1.12 bits per heavy atom. The van der Waals surface area contributed by atoms with Gasteiger partial charge in [-0.1, -0.05) is 38.1 Å². The molecule has 228 valence electrons. The monoisotopic (exact) mass is 586 g/mol. The summed E-state index contributed by atoms with van der Waals surface area (Å²) in [6, 6.07) is 6.59.